The predicted octanol–water partition coefficient (Wildman–Crippen LogP) is 3.89. The second kappa shape index (κ2) is 11.3. The van der Waals surface area contributed by atoms with Crippen LogP contribution in [0.3, 0.4) is 0 Å². The summed E-state index contributed by atoms with van der Waals surface area (Å²) in [6, 6.07) is 4.45. The maximum Gasteiger partial charge on any atom is 0.119 e. The van der Waals surface area contributed by atoms with Gasteiger partial charge in [0.1, 0.15) is 11.5 Å². The Morgan fingerprint density at radius 2 is 1.22 bits per heavy atom. The van der Waals surface area contributed by atoms with Crippen molar-refractivity contribution in [2.45, 2.75) is 83.3 Å². The summed E-state index contributed by atoms with van der Waals surface area (Å²) in [6.07, 6.45) is 9.55. The maximum atomic E-state index is 10.0. The number of hydrogen-bond donors (Lipinski definition) is 4. The van der Waals surface area contributed by atoms with E-state index in [4.69, 9.17) is 5.11 Å². The van der Waals surface area contributed by atoms with Crippen LogP contribution in [-0.4, -0.2) is 32.6 Å². The number of phenols is 2. The Morgan fingerprint density at radius 3 is 1.74 bits per heavy atom. The van der Waals surface area contributed by atoms with Gasteiger partial charge in [-0.25, -0.2) is 0 Å². The first-order valence-electron chi connectivity index (χ1n) is 8.85. The molecule has 1 rings (SSSR count). The van der Waals surface area contributed by atoms with Gasteiger partial charge < -0.3 is 20.4 Å². The van der Waals surface area contributed by atoms with Crippen molar-refractivity contribution < 1.29 is 20.4 Å². The second-order valence-electron chi connectivity index (χ2n) is 6.62. The highest BCUT2D eigenvalue weighted by Crippen LogP contribution is 2.22. The molecule has 2 atom stereocenters. The van der Waals surface area contributed by atoms with E-state index in [2.05, 4.69) is 0 Å². The highest BCUT2D eigenvalue weighted by Gasteiger charge is 2.07. The Balaban J connectivity index is 2.03. The Morgan fingerprint density at radius 1 is 0.739 bits per heavy atom. The van der Waals surface area contributed by atoms with E-state index in [0.717, 1.165) is 37.7 Å². The van der Waals surface area contributed by atoms with Crippen LogP contribution in [0.25, 0.3) is 0 Å². The van der Waals surface area contributed by atoms with Gasteiger partial charge in [-0.3, -0.25) is 0 Å². The molecule has 132 valence electrons. The van der Waals surface area contributed by atoms with Crippen molar-refractivity contribution in [2.24, 2.45) is 0 Å². The molecule has 1 aromatic rings. The van der Waals surface area contributed by atoms with Crippen molar-refractivity contribution in [3.05, 3.63) is 23.8 Å². The van der Waals surface area contributed by atoms with Crippen LogP contribution in [0.2, 0.25) is 0 Å². The van der Waals surface area contributed by atoms with Crippen LogP contribution in [-0.2, 0) is 6.42 Å². The monoisotopic (exact) mass is 324 g/mol. The van der Waals surface area contributed by atoms with Gasteiger partial charge in [-0.15, -0.1) is 0 Å². The summed E-state index contributed by atoms with van der Waals surface area (Å²) < 4.78 is 0. The summed E-state index contributed by atoms with van der Waals surface area (Å²) in [7, 11) is 0. The fraction of sp³-hybridized carbons (Fsp3) is 0.684. The van der Waals surface area contributed by atoms with Gasteiger partial charge in [0.25, 0.3) is 0 Å². The van der Waals surface area contributed by atoms with E-state index >= 15 is 0 Å². The van der Waals surface area contributed by atoms with E-state index < -0.39 is 6.10 Å². The van der Waals surface area contributed by atoms with E-state index in [1.54, 1.807) is 12.1 Å². The van der Waals surface area contributed by atoms with Crippen LogP contribution < -0.4 is 0 Å². The van der Waals surface area contributed by atoms with Gasteiger partial charge in [0, 0.05) is 6.07 Å². The van der Waals surface area contributed by atoms with E-state index in [1.807, 2.05) is 6.92 Å². The van der Waals surface area contributed by atoms with Crippen molar-refractivity contribution in [2.75, 3.05) is 0 Å². The van der Waals surface area contributed by atoms with Crippen molar-refractivity contribution in [1.29, 1.82) is 0 Å². The number of aromatic hydroxyl groups is 2. The minimum atomic E-state index is -0.428. The average Bonchev–Trinajstić information content (AvgIpc) is 2.44. The van der Waals surface area contributed by atoms with Crippen LogP contribution in [0.15, 0.2) is 18.2 Å². The zero-order valence-corrected chi connectivity index (χ0v) is 14.2. The minimum absolute atomic E-state index is 0.0304. The second-order valence-corrected chi connectivity index (χ2v) is 6.62. The molecule has 0 saturated carbocycles. The summed E-state index contributed by atoms with van der Waals surface area (Å²) in [4.78, 5) is 0. The number of unbranched alkanes of at least 4 members (excludes halogenated alkanes) is 6. The Labute approximate surface area is 139 Å². The molecule has 0 radical (unpaired) electrons. The van der Waals surface area contributed by atoms with Crippen LogP contribution in [0.4, 0.5) is 0 Å². The lowest BCUT2D eigenvalue weighted by atomic mass is 10.0. The van der Waals surface area contributed by atoms with Crippen LogP contribution in [0.1, 0.15) is 70.3 Å². The van der Waals surface area contributed by atoms with Crippen molar-refractivity contribution in [3.8, 4) is 11.5 Å². The van der Waals surface area contributed by atoms with Crippen LogP contribution >= 0.6 is 0 Å². The van der Waals surface area contributed by atoms with Crippen molar-refractivity contribution in [3.63, 3.8) is 0 Å². The van der Waals surface area contributed by atoms with E-state index in [0.29, 0.717) is 6.42 Å². The van der Waals surface area contributed by atoms with Crippen molar-refractivity contribution in [1.82, 2.24) is 0 Å². The van der Waals surface area contributed by atoms with E-state index in [1.165, 1.54) is 31.7 Å². The lowest BCUT2D eigenvalue weighted by Gasteiger charge is -2.11. The lowest BCUT2D eigenvalue weighted by molar-refractivity contribution is 0.160. The Hall–Kier alpha value is -1.26. The molecular weight excluding hydrogens is 292 g/mol. The first-order valence-corrected chi connectivity index (χ1v) is 8.85. The lowest BCUT2D eigenvalue weighted by Crippen LogP contribution is -2.10. The topological polar surface area (TPSA) is 80.9 Å². The average molecular weight is 324 g/mol. The molecule has 0 spiro atoms. The Bertz CT molecular complexity index is 411. The largest absolute Gasteiger partial charge is 0.508 e. The molecule has 0 aliphatic carbocycles. The molecule has 0 aromatic heterocycles. The molecular formula is C19H32O4. The van der Waals surface area contributed by atoms with Gasteiger partial charge in [0.15, 0.2) is 0 Å². The smallest absolute Gasteiger partial charge is 0.119 e. The third-order valence-corrected chi connectivity index (χ3v) is 4.09. The number of hydrogen-bond acceptors (Lipinski definition) is 4. The van der Waals surface area contributed by atoms with Gasteiger partial charge >= 0.3 is 0 Å². The minimum Gasteiger partial charge on any atom is -0.508 e. The third kappa shape index (κ3) is 10.2. The summed E-state index contributed by atoms with van der Waals surface area (Å²) in [5.74, 6) is 0.0607. The molecule has 0 aliphatic rings. The third-order valence-electron chi connectivity index (χ3n) is 4.09. The van der Waals surface area contributed by atoms with Gasteiger partial charge in [-0.05, 0) is 43.9 Å². The predicted molar refractivity (Wildman–Crippen MR) is 92.7 cm³/mol. The number of aliphatic hydroxyl groups excluding tert-OH is 2. The molecule has 4 N–H and O–H groups in total. The highest BCUT2D eigenvalue weighted by atomic mass is 16.3. The quantitative estimate of drug-likeness (QED) is 0.440. The first-order chi connectivity index (χ1) is 11.0. The molecule has 23 heavy (non-hydrogen) atoms. The molecule has 0 heterocycles. The van der Waals surface area contributed by atoms with E-state index in [-0.39, 0.29) is 17.6 Å². The van der Waals surface area contributed by atoms with Gasteiger partial charge in [-0.1, -0.05) is 44.9 Å². The molecule has 1 aromatic carbocycles. The number of phenolic OH excluding ortho intramolecular Hbond substituents is 2. The zero-order valence-electron chi connectivity index (χ0n) is 14.2. The summed E-state index contributed by atoms with van der Waals surface area (Å²) in [5, 5.41) is 38.0. The standard InChI is InChI=1S/C19H32O4/c1-15(20)9-7-5-3-2-4-6-8-10-17(21)11-16-12-18(22)14-19(23)13-16/h12-15,17,20-23H,2-11H2,1H3/t15-,17+/m0/s1. The number of rotatable bonds is 12. The SMILES string of the molecule is C[C@H](O)CCCCCCCCC[C@@H](O)Cc1cc(O)cc(O)c1. The molecule has 0 unspecified atom stereocenters. The summed E-state index contributed by atoms with van der Waals surface area (Å²) in [5.41, 5.74) is 0.758. The molecule has 0 fully saturated rings. The molecule has 4 nitrogen and oxygen atoms in total. The summed E-state index contributed by atoms with van der Waals surface area (Å²) >= 11 is 0. The first kappa shape index (κ1) is 19.8. The Kier molecular flexibility index (Phi) is 9.72. The molecule has 4 heteroatoms. The summed E-state index contributed by atoms with van der Waals surface area (Å²) in [6.45, 7) is 1.84. The van der Waals surface area contributed by atoms with Gasteiger partial charge in [0.2, 0.25) is 0 Å². The zero-order chi connectivity index (χ0) is 17.1. The van der Waals surface area contributed by atoms with Gasteiger partial charge in [-0.2, -0.15) is 0 Å². The van der Waals surface area contributed by atoms with Crippen molar-refractivity contribution >= 4 is 0 Å². The number of benzene rings is 1. The van der Waals surface area contributed by atoms with E-state index in [9.17, 15) is 15.3 Å². The molecule has 0 amide bonds. The normalized spacial score (nSPS) is 13.9. The van der Waals surface area contributed by atoms with Crippen LogP contribution in [0.5, 0.6) is 11.5 Å². The fourth-order valence-electron chi connectivity index (χ4n) is 2.85. The number of aliphatic hydroxyl groups is 2. The molecule has 0 bridgehead atoms. The maximum absolute atomic E-state index is 10.0. The molecule has 0 saturated heterocycles. The molecule has 0 aliphatic heterocycles. The van der Waals surface area contributed by atoms with Gasteiger partial charge in [0.05, 0.1) is 12.2 Å². The van der Waals surface area contributed by atoms with Crippen LogP contribution in [0, 0.1) is 0 Å². The fourth-order valence-corrected chi connectivity index (χ4v) is 2.85. The highest BCUT2D eigenvalue weighted by molar-refractivity contribution is 5.36.